The fourth-order valence-electron chi connectivity index (χ4n) is 9.85. The van der Waals surface area contributed by atoms with Crippen molar-refractivity contribution in [1.82, 2.24) is 15.0 Å². The minimum atomic E-state index is -0.270. The Morgan fingerprint density at radius 2 is 0.714 bits per heavy atom. The molecule has 0 atom stereocenters. The van der Waals surface area contributed by atoms with E-state index in [0.717, 1.165) is 125 Å². The van der Waals surface area contributed by atoms with Gasteiger partial charge >= 0.3 is 0 Å². The van der Waals surface area contributed by atoms with Gasteiger partial charge in [0.1, 0.15) is 34.5 Å². The minimum Gasteiger partial charge on any atom is -0.497 e. The van der Waals surface area contributed by atoms with Crippen LogP contribution in [0.15, 0.2) is 146 Å². The van der Waals surface area contributed by atoms with Crippen LogP contribution in [0.4, 0.5) is 17.1 Å². The summed E-state index contributed by atoms with van der Waals surface area (Å²) in [5.74, 6) is 3.05. The second kappa shape index (κ2) is 29.7. The van der Waals surface area contributed by atoms with E-state index in [0.29, 0.717) is 53.3 Å². The second-order valence-corrected chi connectivity index (χ2v) is 21.0. The van der Waals surface area contributed by atoms with Gasteiger partial charge in [-0.25, -0.2) is 0 Å². The molecule has 0 fully saturated rings. The highest BCUT2D eigenvalue weighted by atomic mass is 16.5. The van der Waals surface area contributed by atoms with Crippen LogP contribution in [0.3, 0.4) is 0 Å². The van der Waals surface area contributed by atoms with Crippen LogP contribution >= 0.6 is 0 Å². The molecule has 3 aromatic heterocycles. The summed E-state index contributed by atoms with van der Waals surface area (Å²) in [6.07, 6.45) is 11.0. The Morgan fingerprint density at radius 1 is 0.381 bits per heavy atom. The SMILES string of the molecule is CCCCCc1ccc(NC(=O)COc2cc(C)nc3ccc(OCCCCCc4ccc(NC(=O)COc5cc(C)nc6ccc(OCCCCc7ccc(NC(=O)COc8cc(C)nc9ccc(OC)cc89)cc7)cc56)cc4)cc23)cc1. The van der Waals surface area contributed by atoms with Gasteiger partial charge in [0, 0.05) is 68.5 Å². The van der Waals surface area contributed by atoms with Crippen LogP contribution in [0, 0.1) is 20.8 Å². The number of ether oxygens (including phenoxy) is 6. The molecule has 15 nitrogen and oxygen atoms in total. The molecule has 0 aliphatic rings. The number of nitrogens with one attached hydrogen (secondary N) is 3. The first kappa shape index (κ1) is 59.4. The van der Waals surface area contributed by atoms with Gasteiger partial charge in [-0.05, 0) is 186 Å². The highest BCUT2D eigenvalue weighted by Crippen LogP contribution is 2.32. The molecule has 0 spiro atoms. The van der Waals surface area contributed by atoms with Gasteiger partial charge in [-0.1, -0.05) is 56.2 Å². The fourth-order valence-corrected chi connectivity index (χ4v) is 9.85. The van der Waals surface area contributed by atoms with Gasteiger partial charge in [0.15, 0.2) is 19.8 Å². The van der Waals surface area contributed by atoms with E-state index in [-0.39, 0.29) is 37.5 Å². The smallest absolute Gasteiger partial charge is 0.262 e. The summed E-state index contributed by atoms with van der Waals surface area (Å²) in [5.41, 5.74) is 10.4. The van der Waals surface area contributed by atoms with E-state index in [1.54, 1.807) is 7.11 Å². The van der Waals surface area contributed by atoms with E-state index >= 15 is 0 Å². The van der Waals surface area contributed by atoms with E-state index in [9.17, 15) is 14.4 Å². The number of nitrogens with zero attached hydrogens (tertiary/aromatic N) is 3. The van der Waals surface area contributed by atoms with Crippen LogP contribution in [-0.2, 0) is 33.6 Å². The van der Waals surface area contributed by atoms with Crippen molar-refractivity contribution < 1.29 is 42.8 Å². The van der Waals surface area contributed by atoms with E-state index in [1.807, 2.05) is 154 Å². The van der Waals surface area contributed by atoms with Gasteiger partial charge in [-0.2, -0.15) is 0 Å². The van der Waals surface area contributed by atoms with E-state index in [2.05, 4.69) is 50.0 Å². The minimum absolute atomic E-state index is 0.128. The first-order chi connectivity index (χ1) is 40.9. The molecule has 3 heterocycles. The molecular weight excluding hydrogens is 1060 g/mol. The monoisotopic (exact) mass is 1130 g/mol. The molecule has 0 unspecified atom stereocenters. The number of methoxy groups -OCH3 is 1. The van der Waals surface area contributed by atoms with Crippen molar-refractivity contribution in [2.75, 3.05) is 56.1 Å². The van der Waals surface area contributed by atoms with Crippen molar-refractivity contribution in [3.63, 3.8) is 0 Å². The second-order valence-electron chi connectivity index (χ2n) is 21.0. The third-order valence-corrected chi connectivity index (χ3v) is 14.2. The number of carbonyl (C=O) groups excluding carboxylic acids is 3. The van der Waals surface area contributed by atoms with Gasteiger partial charge in [-0.15, -0.1) is 0 Å². The van der Waals surface area contributed by atoms with E-state index in [4.69, 9.17) is 28.4 Å². The van der Waals surface area contributed by atoms with Gasteiger partial charge in [0.05, 0.1) is 36.9 Å². The lowest BCUT2D eigenvalue weighted by molar-refractivity contribution is -0.118. The van der Waals surface area contributed by atoms with Crippen LogP contribution in [0.1, 0.15) is 92.1 Å². The highest BCUT2D eigenvalue weighted by molar-refractivity contribution is 5.95. The average molecular weight is 1130 g/mol. The Bertz CT molecular complexity index is 3690. The van der Waals surface area contributed by atoms with Crippen molar-refractivity contribution in [2.24, 2.45) is 0 Å². The number of anilines is 3. The predicted molar refractivity (Wildman–Crippen MR) is 332 cm³/mol. The predicted octanol–water partition coefficient (Wildman–Crippen LogP) is 14.2. The molecule has 434 valence electrons. The molecule has 0 bridgehead atoms. The first-order valence-electron chi connectivity index (χ1n) is 29.0. The van der Waals surface area contributed by atoms with E-state index < -0.39 is 0 Å². The molecule has 6 aromatic carbocycles. The zero-order valence-corrected chi connectivity index (χ0v) is 48.7. The Labute approximate surface area is 491 Å². The van der Waals surface area contributed by atoms with Crippen molar-refractivity contribution in [3.05, 3.63) is 179 Å². The molecule has 0 radical (unpaired) electrons. The number of hydrogen-bond donors (Lipinski definition) is 3. The maximum Gasteiger partial charge on any atom is 0.262 e. The molecule has 15 heteroatoms. The number of amides is 3. The zero-order chi connectivity index (χ0) is 58.6. The fraction of sp³-hybridized carbons (Fsp3) is 0.304. The van der Waals surface area contributed by atoms with Crippen molar-refractivity contribution in [1.29, 1.82) is 0 Å². The summed E-state index contributed by atoms with van der Waals surface area (Å²) < 4.78 is 35.8. The molecule has 0 aliphatic heterocycles. The number of hydrogen-bond acceptors (Lipinski definition) is 12. The number of carbonyl (C=O) groups is 3. The van der Waals surface area contributed by atoms with Crippen molar-refractivity contribution in [3.8, 4) is 34.5 Å². The van der Waals surface area contributed by atoms with Gasteiger partial charge in [0.25, 0.3) is 17.7 Å². The number of benzene rings is 6. The van der Waals surface area contributed by atoms with Crippen LogP contribution in [-0.4, -0.2) is 72.8 Å². The third-order valence-electron chi connectivity index (χ3n) is 14.2. The standard InChI is InChI=1S/C69H74N6O9/c1-6-7-9-14-49-17-23-52(24-18-49)73-68(77)44-83-65-38-47(3)71-62-33-30-56(41-59(62)65)80-35-12-8-10-15-50-19-25-53(26-20-50)74-69(78)45-84-66-39-48(4)72-63-34-31-57(42-60(63)66)81-36-13-11-16-51-21-27-54(28-22-51)75-67(76)43-82-64-37-46(2)70-61-32-29-55(79-5)40-58(61)64/h17-34,37-42H,6-16,35-36,43-45H2,1-5H3,(H,73,77)(H,74,78)(H,75,76). The molecule has 84 heavy (non-hydrogen) atoms. The number of unbranched alkanes of at least 4 members (excludes halogenated alkanes) is 5. The maximum absolute atomic E-state index is 13.1. The van der Waals surface area contributed by atoms with Gasteiger partial charge < -0.3 is 44.4 Å². The topological polar surface area (TPSA) is 181 Å². The van der Waals surface area contributed by atoms with Crippen molar-refractivity contribution >= 4 is 67.5 Å². The van der Waals surface area contributed by atoms with Crippen LogP contribution in [0.2, 0.25) is 0 Å². The molecule has 9 rings (SSSR count). The summed E-state index contributed by atoms with van der Waals surface area (Å²) in [6.45, 7) is 8.53. The Morgan fingerprint density at radius 3 is 1.08 bits per heavy atom. The highest BCUT2D eigenvalue weighted by Gasteiger charge is 2.15. The zero-order valence-electron chi connectivity index (χ0n) is 48.7. The number of rotatable bonds is 30. The summed E-state index contributed by atoms with van der Waals surface area (Å²) in [6, 6.07) is 46.3. The first-order valence-corrected chi connectivity index (χ1v) is 29.0. The Balaban J connectivity index is 0.654. The molecular formula is C69H74N6O9. The normalized spacial score (nSPS) is 11.1. The third kappa shape index (κ3) is 17.4. The molecule has 3 N–H and O–H groups in total. The summed E-state index contributed by atoms with van der Waals surface area (Å²) in [4.78, 5) is 52.7. The van der Waals surface area contributed by atoms with E-state index in [1.165, 1.54) is 24.0 Å². The van der Waals surface area contributed by atoms with Gasteiger partial charge in [-0.3, -0.25) is 29.3 Å². The van der Waals surface area contributed by atoms with Crippen LogP contribution in [0.25, 0.3) is 32.7 Å². The molecule has 9 aromatic rings. The largest absolute Gasteiger partial charge is 0.497 e. The lowest BCUT2D eigenvalue weighted by Crippen LogP contribution is -2.20. The molecule has 0 saturated heterocycles. The number of aryl methyl sites for hydroxylation is 6. The quantitative estimate of drug-likeness (QED) is 0.0363. The number of aromatic nitrogens is 3. The Hall–Kier alpha value is -9.24. The molecule has 0 saturated carbocycles. The summed E-state index contributed by atoms with van der Waals surface area (Å²) >= 11 is 0. The number of fused-ring (bicyclic) bond motifs is 3. The average Bonchev–Trinajstić information content (AvgIpc) is 3.59. The lowest BCUT2D eigenvalue weighted by Gasteiger charge is -2.13. The van der Waals surface area contributed by atoms with Crippen molar-refractivity contribution in [2.45, 2.75) is 98.3 Å². The van der Waals surface area contributed by atoms with Crippen LogP contribution in [0.5, 0.6) is 34.5 Å². The maximum atomic E-state index is 13.1. The molecule has 3 amide bonds. The van der Waals surface area contributed by atoms with Gasteiger partial charge in [0.2, 0.25) is 0 Å². The Kier molecular flexibility index (Phi) is 21.0. The van der Waals surface area contributed by atoms with Crippen LogP contribution < -0.4 is 44.4 Å². The summed E-state index contributed by atoms with van der Waals surface area (Å²) in [7, 11) is 1.61. The molecule has 0 aliphatic carbocycles. The summed E-state index contributed by atoms with van der Waals surface area (Å²) in [5, 5.41) is 11.2. The lowest BCUT2D eigenvalue weighted by atomic mass is 10.1. The number of pyridine rings is 3.